The highest BCUT2D eigenvalue weighted by molar-refractivity contribution is 5.85. The molecule has 0 aliphatic heterocycles. The Labute approximate surface area is 244 Å². The van der Waals surface area contributed by atoms with Crippen molar-refractivity contribution in [3.63, 3.8) is 0 Å². The van der Waals surface area contributed by atoms with Crippen LogP contribution in [0, 0.1) is 6.92 Å². The number of H-pyrrole nitrogens is 1. The first kappa shape index (κ1) is 29.6. The molecular formula is C32H33ClN4O4. The second kappa shape index (κ2) is 13.3. The van der Waals surface area contributed by atoms with Gasteiger partial charge in [-0.05, 0) is 60.7 Å². The number of rotatable bonds is 10. The van der Waals surface area contributed by atoms with Crippen molar-refractivity contribution in [2.75, 3.05) is 6.61 Å². The van der Waals surface area contributed by atoms with Gasteiger partial charge < -0.3 is 4.74 Å². The molecule has 5 aromatic rings. The Morgan fingerprint density at radius 2 is 1.61 bits per heavy atom. The monoisotopic (exact) mass is 572 g/mol. The van der Waals surface area contributed by atoms with E-state index in [1.165, 1.54) is 0 Å². The summed E-state index contributed by atoms with van der Waals surface area (Å²) in [6.45, 7) is 6.69. The van der Waals surface area contributed by atoms with Crippen LogP contribution in [0.1, 0.15) is 49.3 Å². The summed E-state index contributed by atoms with van der Waals surface area (Å²) >= 11 is 0. The molecule has 5 rings (SSSR count). The third-order valence-electron chi connectivity index (χ3n) is 6.75. The molecule has 0 atom stereocenters. The molecule has 0 bridgehead atoms. The van der Waals surface area contributed by atoms with Gasteiger partial charge in [0.1, 0.15) is 11.6 Å². The molecule has 2 aromatic heterocycles. The Bertz CT molecular complexity index is 1720. The van der Waals surface area contributed by atoms with Gasteiger partial charge in [-0.1, -0.05) is 74.0 Å². The van der Waals surface area contributed by atoms with Crippen LogP contribution < -0.4 is 16.1 Å². The molecule has 0 saturated carbocycles. The lowest BCUT2D eigenvalue weighted by Gasteiger charge is -2.16. The van der Waals surface area contributed by atoms with E-state index in [1.54, 1.807) is 4.57 Å². The van der Waals surface area contributed by atoms with E-state index in [0.29, 0.717) is 30.2 Å². The molecule has 9 heteroatoms. The van der Waals surface area contributed by atoms with Gasteiger partial charge in [-0.15, -0.1) is 12.4 Å². The molecule has 1 N–H and O–H groups in total. The Hall–Kier alpha value is -4.43. The van der Waals surface area contributed by atoms with Crippen molar-refractivity contribution in [2.24, 2.45) is 0 Å². The molecule has 0 aliphatic rings. The number of aromatic amines is 1. The van der Waals surface area contributed by atoms with Crippen LogP contribution in [0.3, 0.4) is 0 Å². The quantitative estimate of drug-likeness (QED) is 0.210. The van der Waals surface area contributed by atoms with Crippen molar-refractivity contribution < 1.29 is 9.26 Å². The van der Waals surface area contributed by atoms with Gasteiger partial charge in [0.05, 0.1) is 18.0 Å². The van der Waals surface area contributed by atoms with Gasteiger partial charge in [0.2, 0.25) is 0 Å². The second-order valence-electron chi connectivity index (χ2n) is 9.68. The Balaban J connectivity index is 0.00000387. The Morgan fingerprint density at radius 3 is 2.24 bits per heavy atom. The number of ether oxygens (including phenoxy) is 1. The van der Waals surface area contributed by atoms with Gasteiger partial charge >= 0.3 is 5.76 Å². The van der Waals surface area contributed by atoms with Crippen LogP contribution in [0.5, 0.6) is 5.75 Å². The smallest absolute Gasteiger partial charge is 0.439 e. The van der Waals surface area contributed by atoms with Crippen LogP contribution in [0.4, 0.5) is 0 Å². The zero-order valence-corrected chi connectivity index (χ0v) is 24.2. The highest BCUT2D eigenvalue weighted by Gasteiger charge is 2.17. The van der Waals surface area contributed by atoms with Crippen LogP contribution in [-0.4, -0.2) is 26.3 Å². The topological polar surface area (TPSA) is 103 Å². The standard InChI is InChI=1S/C32H32N4O4.ClH/c1-4-8-29-28(31(37)36(21(3)33-29)24-15-17-25(18-16-24)39-19-5-2)20-22-11-13-23(14-12-22)26-9-6-7-10-27(26)30-34-32(38)40-35-30;/h6-7,9-18H,4-5,8,19-20H2,1-3H3,(H,34,35,38);1H. The fourth-order valence-corrected chi connectivity index (χ4v) is 4.85. The third-order valence-corrected chi connectivity index (χ3v) is 6.75. The van der Waals surface area contributed by atoms with Crippen LogP contribution in [-0.2, 0) is 12.8 Å². The third kappa shape index (κ3) is 6.49. The van der Waals surface area contributed by atoms with Crippen molar-refractivity contribution in [1.29, 1.82) is 0 Å². The molecule has 0 radical (unpaired) electrons. The molecular weight excluding hydrogens is 540 g/mol. The molecule has 0 spiro atoms. The number of hydrogen-bond donors (Lipinski definition) is 1. The maximum atomic E-state index is 13.9. The summed E-state index contributed by atoms with van der Waals surface area (Å²) in [5.74, 6) is 1.23. The van der Waals surface area contributed by atoms with Crippen molar-refractivity contribution >= 4 is 12.4 Å². The predicted molar refractivity (Wildman–Crippen MR) is 162 cm³/mol. The summed E-state index contributed by atoms with van der Waals surface area (Å²) in [4.78, 5) is 32.9. The van der Waals surface area contributed by atoms with E-state index in [4.69, 9.17) is 14.2 Å². The van der Waals surface area contributed by atoms with Crippen LogP contribution in [0.2, 0.25) is 0 Å². The molecule has 41 heavy (non-hydrogen) atoms. The number of nitrogens with zero attached hydrogens (tertiary/aromatic N) is 3. The largest absolute Gasteiger partial charge is 0.494 e. The highest BCUT2D eigenvalue weighted by Crippen LogP contribution is 2.30. The Kier molecular flexibility index (Phi) is 9.57. The average Bonchev–Trinajstić information content (AvgIpc) is 3.41. The summed E-state index contributed by atoms with van der Waals surface area (Å²) in [5, 5.41) is 3.85. The maximum absolute atomic E-state index is 13.9. The average molecular weight is 573 g/mol. The minimum Gasteiger partial charge on any atom is -0.494 e. The van der Waals surface area contributed by atoms with Crippen molar-refractivity contribution in [2.45, 2.75) is 46.5 Å². The zero-order chi connectivity index (χ0) is 28.1. The number of aromatic nitrogens is 4. The van der Waals surface area contributed by atoms with Gasteiger partial charge in [-0.25, -0.2) is 9.78 Å². The summed E-state index contributed by atoms with van der Waals surface area (Å²) < 4.78 is 12.1. The lowest BCUT2D eigenvalue weighted by molar-refractivity contribution is 0.317. The number of nitrogens with one attached hydrogen (secondary N) is 1. The van der Waals surface area contributed by atoms with Crippen molar-refractivity contribution in [3.05, 3.63) is 116 Å². The van der Waals surface area contributed by atoms with E-state index in [1.807, 2.05) is 79.7 Å². The fourth-order valence-electron chi connectivity index (χ4n) is 4.85. The number of benzene rings is 3. The van der Waals surface area contributed by atoms with Gasteiger partial charge in [0.25, 0.3) is 5.56 Å². The first-order valence-electron chi connectivity index (χ1n) is 13.6. The normalized spacial score (nSPS) is 10.8. The summed E-state index contributed by atoms with van der Waals surface area (Å²) in [6, 6.07) is 23.3. The van der Waals surface area contributed by atoms with E-state index in [2.05, 4.69) is 24.0 Å². The van der Waals surface area contributed by atoms with Crippen LogP contribution in [0.25, 0.3) is 28.2 Å². The maximum Gasteiger partial charge on any atom is 0.439 e. The van der Waals surface area contributed by atoms with Crippen molar-refractivity contribution in [3.8, 4) is 34.0 Å². The van der Waals surface area contributed by atoms with Crippen molar-refractivity contribution in [1.82, 2.24) is 19.7 Å². The van der Waals surface area contributed by atoms with E-state index < -0.39 is 5.76 Å². The number of halogens is 1. The minimum absolute atomic E-state index is 0. The Morgan fingerprint density at radius 1 is 0.902 bits per heavy atom. The molecule has 8 nitrogen and oxygen atoms in total. The van der Waals surface area contributed by atoms with Gasteiger partial charge in [0.15, 0.2) is 5.82 Å². The van der Waals surface area contributed by atoms with Gasteiger partial charge in [0, 0.05) is 17.5 Å². The SMILES string of the molecule is CCCOc1ccc(-n2c(C)nc(CCC)c(Cc3ccc(-c4ccccc4-c4noc(=O)[nH]4)cc3)c2=O)cc1.Cl. The zero-order valence-electron chi connectivity index (χ0n) is 23.3. The van der Waals surface area contributed by atoms with Crippen LogP contribution >= 0.6 is 12.4 Å². The molecule has 0 amide bonds. The van der Waals surface area contributed by atoms with Crippen LogP contribution in [0.15, 0.2) is 86.9 Å². The lowest BCUT2D eigenvalue weighted by atomic mass is 9.96. The van der Waals surface area contributed by atoms with E-state index >= 15 is 0 Å². The predicted octanol–water partition coefficient (Wildman–Crippen LogP) is 6.31. The molecule has 0 fully saturated rings. The molecule has 212 valence electrons. The molecule has 2 heterocycles. The molecule has 0 saturated heterocycles. The second-order valence-corrected chi connectivity index (χ2v) is 9.68. The summed E-state index contributed by atoms with van der Waals surface area (Å²) in [5.41, 5.74) is 5.90. The van der Waals surface area contributed by atoms with E-state index in [9.17, 15) is 9.59 Å². The fraction of sp³-hybridized carbons (Fsp3) is 0.250. The highest BCUT2D eigenvalue weighted by atomic mass is 35.5. The molecule has 0 aliphatic carbocycles. The van der Waals surface area contributed by atoms with E-state index in [0.717, 1.165) is 58.6 Å². The van der Waals surface area contributed by atoms with E-state index in [-0.39, 0.29) is 18.0 Å². The summed E-state index contributed by atoms with van der Waals surface area (Å²) in [6.07, 6.45) is 3.03. The number of aryl methyl sites for hydroxylation is 2. The van der Waals surface area contributed by atoms with Gasteiger partial charge in [-0.3, -0.25) is 18.9 Å². The first-order valence-corrected chi connectivity index (χ1v) is 13.6. The van der Waals surface area contributed by atoms with Gasteiger partial charge in [-0.2, -0.15) is 0 Å². The first-order chi connectivity index (χ1) is 19.5. The number of hydrogen-bond acceptors (Lipinski definition) is 6. The summed E-state index contributed by atoms with van der Waals surface area (Å²) in [7, 11) is 0. The minimum atomic E-state index is -0.596. The lowest BCUT2D eigenvalue weighted by Crippen LogP contribution is -2.28. The molecule has 0 unspecified atom stereocenters. The molecule has 3 aromatic carbocycles.